The molecule has 0 atom stereocenters. The summed E-state index contributed by atoms with van der Waals surface area (Å²) in [6, 6.07) is 1.39. The first kappa shape index (κ1) is 16.4. The average Bonchev–Trinajstić information content (AvgIpc) is 2.68. The number of carbonyl (C=O) groups excluding carboxylic acids is 1. The zero-order valence-electron chi connectivity index (χ0n) is 10.8. The Bertz CT molecular complexity index is 476. The molecule has 1 aromatic heterocycles. The minimum atomic E-state index is -2.98. The molecule has 1 amide bonds. The SMILES string of the molecule is Cc1cc(OC(F)F)c(C(=O)NCCCCC(=O)O)s1. The Balaban J connectivity index is 2.48. The van der Waals surface area contributed by atoms with Gasteiger partial charge in [0.1, 0.15) is 10.6 Å². The summed E-state index contributed by atoms with van der Waals surface area (Å²) in [6.07, 6.45) is 0.987. The van der Waals surface area contributed by atoms with Crippen LogP contribution in [0.2, 0.25) is 0 Å². The lowest BCUT2D eigenvalue weighted by Gasteiger charge is -2.06. The molecule has 0 aliphatic rings. The highest BCUT2D eigenvalue weighted by molar-refractivity contribution is 7.14. The van der Waals surface area contributed by atoms with Crippen LogP contribution in [-0.2, 0) is 4.79 Å². The molecule has 8 heteroatoms. The maximum atomic E-state index is 12.2. The van der Waals surface area contributed by atoms with Crippen molar-refractivity contribution in [2.45, 2.75) is 32.8 Å². The molecule has 20 heavy (non-hydrogen) atoms. The summed E-state index contributed by atoms with van der Waals surface area (Å²) >= 11 is 1.07. The van der Waals surface area contributed by atoms with Gasteiger partial charge in [-0.2, -0.15) is 8.78 Å². The van der Waals surface area contributed by atoms with Gasteiger partial charge in [0.25, 0.3) is 5.91 Å². The molecule has 0 bridgehead atoms. The van der Waals surface area contributed by atoms with E-state index in [1.165, 1.54) is 6.07 Å². The molecule has 0 aliphatic carbocycles. The van der Waals surface area contributed by atoms with E-state index in [0.717, 1.165) is 11.3 Å². The number of halogens is 2. The Morgan fingerprint density at radius 2 is 2.15 bits per heavy atom. The van der Waals surface area contributed by atoms with Crippen molar-refractivity contribution in [2.24, 2.45) is 0 Å². The van der Waals surface area contributed by atoms with Gasteiger partial charge < -0.3 is 15.2 Å². The normalized spacial score (nSPS) is 10.6. The fourth-order valence-electron chi connectivity index (χ4n) is 1.52. The molecule has 0 saturated carbocycles. The molecular formula is C12H15F2NO4S. The van der Waals surface area contributed by atoms with E-state index >= 15 is 0 Å². The number of thiophene rings is 1. The van der Waals surface area contributed by atoms with Crippen LogP contribution >= 0.6 is 11.3 Å². The number of alkyl halides is 2. The van der Waals surface area contributed by atoms with Crippen molar-refractivity contribution >= 4 is 23.2 Å². The van der Waals surface area contributed by atoms with Crippen LogP contribution in [0.25, 0.3) is 0 Å². The number of unbranched alkanes of at least 4 members (excludes halogenated alkanes) is 1. The van der Waals surface area contributed by atoms with Crippen molar-refractivity contribution in [1.82, 2.24) is 5.32 Å². The average molecular weight is 307 g/mol. The van der Waals surface area contributed by atoms with E-state index in [4.69, 9.17) is 5.11 Å². The monoisotopic (exact) mass is 307 g/mol. The number of aryl methyl sites for hydroxylation is 1. The van der Waals surface area contributed by atoms with Gasteiger partial charge in [-0.1, -0.05) is 0 Å². The zero-order chi connectivity index (χ0) is 15.1. The van der Waals surface area contributed by atoms with Gasteiger partial charge in [-0.15, -0.1) is 11.3 Å². The quantitative estimate of drug-likeness (QED) is 0.724. The third-order valence-electron chi connectivity index (χ3n) is 2.35. The molecule has 5 nitrogen and oxygen atoms in total. The molecular weight excluding hydrogens is 292 g/mol. The predicted molar refractivity (Wildman–Crippen MR) is 69.5 cm³/mol. The van der Waals surface area contributed by atoms with Gasteiger partial charge >= 0.3 is 12.6 Å². The highest BCUT2D eigenvalue weighted by Gasteiger charge is 2.18. The Morgan fingerprint density at radius 1 is 1.45 bits per heavy atom. The van der Waals surface area contributed by atoms with Crippen LogP contribution in [0.4, 0.5) is 8.78 Å². The van der Waals surface area contributed by atoms with E-state index < -0.39 is 18.5 Å². The molecule has 0 spiro atoms. The Labute approximate surface area is 118 Å². The molecule has 2 N–H and O–H groups in total. The van der Waals surface area contributed by atoms with Crippen LogP contribution in [0.3, 0.4) is 0 Å². The second-order valence-corrected chi connectivity index (χ2v) is 5.29. The summed E-state index contributed by atoms with van der Waals surface area (Å²) in [4.78, 5) is 22.9. The first-order valence-electron chi connectivity index (χ1n) is 5.95. The zero-order valence-corrected chi connectivity index (χ0v) is 11.6. The van der Waals surface area contributed by atoms with Crippen molar-refractivity contribution in [1.29, 1.82) is 0 Å². The third kappa shape index (κ3) is 5.52. The summed E-state index contributed by atoms with van der Waals surface area (Å²) in [5.74, 6) is -1.52. The second-order valence-electron chi connectivity index (χ2n) is 4.04. The van der Waals surface area contributed by atoms with Crippen LogP contribution in [0.15, 0.2) is 6.07 Å². The molecule has 0 saturated heterocycles. The molecule has 0 aromatic carbocycles. The fraction of sp³-hybridized carbons (Fsp3) is 0.500. The molecule has 1 aromatic rings. The van der Waals surface area contributed by atoms with Crippen molar-refractivity contribution < 1.29 is 28.2 Å². The fourth-order valence-corrected chi connectivity index (χ4v) is 2.38. The molecule has 1 rings (SSSR count). The van der Waals surface area contributed by atoms with Crippen molar-refractivity contribution in [3.63, 3.8) is 0 Å². The minimum absolute atomic E-state index is 0.0354. The first-order chi connectivity index (χ1) is 9.40. The highest BCUT2D eigenvalue weighted by atomic mass is 32.1. The van der Waals surface area contributed by atoms with E-state index in [1.807, 2.05) is 0 Å². The number of rotatable bonds is 8. The van der Waals surface area contributed by atoms with Crippen molar-refractivity contribution in [3.05, 3.63) is 15.8 Å². The lowest BCUT2D eigenvalue weighted by Crippen LogP contribution is -2.24. The number of hydrogen-bond donors (Lipinski definition) is 2. The summed E-state index contributed by atoms with van der Waals surface area (Å²) in [7, 11) is 0. The summed E-state index contributed by atoms with van der Waals surface area (Å²) in [5, 5.41) is 11.0. The lowest BCUT2D eigenvalue weighted by atomic mass is 10.2. The maximum absolute atomic E-state index is 12.2. The second kappa shape index (κ2) is 7.78. The number of ether oxygens (including phenoxy) is 1. The number of carbonyl (C=O) groups is 2. The Hall–Kier alpha value is -1.70. The van der Waals surface area contributed by atoms with Gasteiger partial charge in [0.2, 0.25) is 0 Å². The van der Waals surface area contributed by atoms with E-state index in [9.17, 15) is 18.4 Å². The summed E-state index contributed by atoms with van der Waals surface area (Å²) < 4.78 is 28.7. The topological polar surface area (TPSA) is 75.6 Å². The predicted octanol–water partition coefficient (Wildman–Crippen LogP) is 2.64. The van der Waals surface area contributed by atoms with E-state index in [0.29, 0.717) is 17.7 Å². The smallest absolute Gasteiger partial charge is 0.387 e. The van der Waals surface area contributed by atoms with Crippen LogP contribution in [0.5, 0.6) is 5.75 Å². The van der Waals surface area contributed by atoms with Crippen LogP contribution in [-0.4, -0.2) is 30.1 Å². The van der Waals surface area contributed by atoms with Gasteiger partial charge in [0.15, 0.2) is 0 Å². The van der Waals surface area contributed by atoms with Gasteiger partial charge in [0.05, 0.1) is 0 Å². The van der Waals surface area contributed by atoms with E-state index in [-0.39, 0.29) is 23.6 Å². The maximum Gasteiger partial charge on any atom is 0.387 e. The number of carboxylic acids is 1. The Morgan fingerprint density at radius 3 is 2.75 bits per heavy atom. The summed E-state index contributed by atoms with van der Waals surface area (Å²) in [6.45, 7) is -1.00. The number of carboxylic acid groups (broad SMARTS) is 1. The Kier molecular flexibility index (Phi) is 6.37. The number of hydrogen-bond acceptors (Lipinski definition) is 4. The molecule has 1 heterocycles. The molecule has 0 radical (unpaired) electrons. The highest BCUT2D eigenvalue weighted by Crippen LogP contribution is 2.30. The van der Waals surface area contributed by atoms with E-state index in [1.54, 1.807) is 6.92 Å². The molecule has 112 valence electrons. The van der Waals surface area contributed by atoms with Crippen LogP contribution in [0, 0.1) is 6.92 Å². The molecule has 0 fully saturated rings. The van der Waals surface area contributed by atoms with Crippen LogP contribution in [0.1, 0.15) is 33.8 Å². The number of nitrogens with one attached hydrogen (secondary N) is 1. The third-order valence-corrected chi connectivity index (χ3v) is 3.38. The number of aliphatic carboxylic acids is 1. The minimum Gasteiger partial charge on any atom is -0.481 e. The molecule has 0 aliphatic heterocycles. The number of amides is 1. The van der Waals surface area contributed by atoms with Crippen LogP contribution < -0.4 is 10.1 Å². The molecule has 0 unspecified atom stereocenters. The van der Waals surface area contributed by atoms with Crippen molar-refractivity contribution in [3.8, 4) is 5.75 Å². The van der Waals surface area contributed by atoms with Gasteiger partial charge in [-0.3, -0.25) is 9.59 Å². The lowest BCUT2D eigenvalue weighted by molar-refractivity contribution is -0.137. The van der Waals surface area contributed by atoms with Gasteiger partial charge in [0, 0.05) is 17.8 Å². The first-order valence-corrected chi connectivity index (χ1v) is 6.77. The summed E-state index contributed by atoms with van der Waals surface area (Å²) in [5.41, 5.74) is 0. The van der Waals surface area contributed by atoms with Gasteiger partial charge in [-0.25, -0.2) is 0 Å². The van der Waals surface area contributed by atoms with E-state index in [2.05, 4.69) is 10.1 Å². The largest absolute Gasteiger partial charge is 0.481 e. The van der Waals surface area contributed by atoms with Crippen molar-refractivity contribution in [2.75, 3.05) is 6.54 Å². The van der Waals surface area contributed by atoms with Gasteiger partial charge in [-0.05, 0) is 25.8 Å². The standard InChI is InChI=1S/C12H15F2NO4S/c1-7-6-8(19-12(13)14)10(20-7)11(18)15-5-3-2-4-9(16)17/h6,12H,2-5H2,1H3,(H,15,18)(H,16,17).